The number of hydrogen-bond acceptors (Lipinski definition) is 7. The second-order valence-corrected chi connectivity index (χ2v) is 15.9. The molecule has 4 aromatic carbocycles. The zero-order chi connectivity index (χ0) is 39.3. The van der Waals surface area contributed by atoms with E-state index in [0.717, 1.165) is 93.5 Å². The lowest BCUT2D eigenvalue weighted by Gasteiger charge is -2.34. The van der Waals surface area contributed by atoms with Crippen LogP contribution in [-0.4, -0.2) is 71.6 Å². The van der Waals surface area contributed by atoms with Crippen LogP contribution in [-0.2, 0) is 29.2 Å². The Balaban J connectivity index is 1.07. The molecule has 1 unspecified atom stereocenters. The number of carbonyl (C=O) groups excluding carboxylic acids is 1. The van der Waals surface area contributed by atoms with Crippen molar-refractivity contribution in [3.8, 4) is 33.8 Å². The largest absolute Gasteiger partial charge is 0.496 e. The molecule has 0 radical (unpaired) electrons. The van der Waals surface area contributed by atoms with E-state index in [-0.39, 0.29) is 24.3 Å². The number of methoxy groups -OCH3 is 2. The normalized spacial score (nSPS) is 18.4. The number of ether oxygens (including phenoxy) is 2. The van der Waals surface area contributed by atoms with Crippen molar-refractivity contribution in [3.63, 3.8) is 0 Å². The van der Waals surface area contributed by atoms with Crippen LogP contribution in [0.4, 0.5) is 0 Å². The lowest BCUT2D eigenvalue weighted by atomic mass is 9.83. The molecule has 3 N–H and O–H groups in total. The molecule has 1 saturated carbocycles. The minimum Gasteiger partial charge on any atom is -0.496 e. The highest BCUT2D eigenvalue weighted by molar-refractivity contribution is 6.36. The number of rotatable bonds is 15. The summed E-state index contributed by atoms with van der Waals surface area (Å²) in [5, 5.41) is 22.7. The van der Waals surface area contributed by atoms with Gasteiger partial charge >= 0.3 is 5.97 Å². The van der Waals surface area contributed by atoms with Gasteiger partial charge in [-0.05, 0) is 86.0 Å². The van der Waals surface area contributed by atoms with Gasteiger partial charge in [0.1, 0.15) is 11.5 Å². The summed E-state index contributed by atoms with van der Waals surface area (Å²) in [6.07, 6.45) is 7.41. The SMILES string of the molecule is COc1cc(-c2cccc(-c3cccc4c3cnn4Cc3cc(OC)c(CN(C)C4CCC(CC(=O)O)CC4)cc3Cl)c2Cl)ccc1CNCC1CCC(=O)N1. The van der Waals surface area contributed by atoms with Gasteiger partial charge in [0.05, 0.1) is 37.5 Å². The first-order chi connectivity index (χ1) is 27.1. The maximum absolute atomic E-state index is 11.6. The second-order valence-electron chi connectivity index (χ2n) is 15.1. The van der Waals surface area contributed by atoms with Gasteiger partial charge < -0.3 is 25.2 Å². The van der Waals surface area contributed by atoms with Gasteiger partial charge in [-0.3, -0.25) is 19.2 Å². The average Bonchev–Trinajstić information content (AvgIpc) is 3.81. The van der Waals surface area contributed by atoms with Crippen LogP contribution >= 0.6 is 23.2 Å². The van der Waals surface area contributed by atoms with E-state index in [1.165, 1.54) is 0 Å². The Morgan fingerprint density at radius 2 is 1.66 bits per heavy atom. The van der Waals surface area contributed by atoms with Gasteiger partial charge in [-0.25, -0.2) is 0 Å². The molecule has 1 aliphatic carbocycles. The molecule has 2 aliphatic rings. The molecule has 5 aromatic rings. The molecule has 294 valence electrons. The van der Waals surface area contributed by atoms with Crippen LogP contribution in [0.15, 0.2) is 72.9 Å². The topological polar surface area (TPSA) is 118 Å². The Hall–Kier alpha value is -4.61. The maximum atomic E-state index is 11.6. The first-order valence-corrected chi connectivity index (χ1v) is 20.1. The molecule has 1 aromatic heterocycles. The average molecular weight is 799 g/mol. The molecule has 1 saturated heterocycles. The van der Waals surface area contributed by atoms with Crippen LogP contribution in [0.3, 0.4) is 0 Å². The molecular formula is C44H49Cl2N5O5. The first kappa shape index (κ1) is 39.6. The highest BCUT2D eigenvalue weighted by Gasteiger charge is 2.26. The Morgan fingerprint density at radius 1 is 0.929 bits per heavy atom. The minimum absolute atomic E-state index is 0.113. The smallest absolute Gasteiger partial charge is 0.303 e. The number of halogens is 2. The van der Waals surface area contributed by atoms with Crippen molar-refractivity contribution in [1.29, 1.82) is 0 Å². The van der Waals surface area contributed by atoms with Crippen LogP contribution in [0.2, 0.25) is 10.0 Å². The van der Waals surface area contributed by atoms with Crippen LogP contribution in [0, 0.1) is 5.92 Å². The number of aliphatic carboxylic acids is 1. The molecule has 1 atom stereocenters. The Bertz CT molecular complexity index is 2220. The molecule has 1 aliphatic heterocycles. The van der Waals surface area contributed by atoms with Crippen molar-refractivity contribution >= 4 is 46.0 Å². The standard InChI is InChI=1S/C44H49Cl2N5O5/c1-50(33-15-10-27(11-16-33)18-43(53)54)25-31-19-38(45)30(21-41(31)56-3)26-51-39-9-5-7-35(37(39)24-48-51)36-8-4-6-34(44(36)46)28-12-13-29(40(20-28)55-2)22-47-23-32-14-17-42(52)49-32/h4-9,12-13,19-21,24,27,32-33,47H,10-11,14-18,22-23,25-26H2,1-3H3,(H,49,52)(H,53,54). The molecule has 0 spiro atoms. The number of fused-ring (bicyclic) bond motifs is 1. The molecule has 12 heteroatoms. The van der Waals surface area contributed by atoms with Crippen molar-refractivity contribution < 1.29 is 24.2 Å². The summed E-state index contributed by atoms with van der Waals surface area (Å²) in [6, 6.07) is 22.9. The molecule has 2 heterocycles. The van der Waals surface area contributed by atoms with Crippen LogP contribution in [0.25, 0.3) is 33.2 Å². The van der Waals surface area contributed by atoms with Crippen LogP contribution in [0.1, 0.15) is 61.6 Å². The van der Waals surface area contributed by atoms with Gasteiger partial charge in [0, 0.05) is 77.2 Å². The van der Waals surface area contributed by atoms with Gasteiger partial charge in [-0.1, -0.05) is 65.7 Å². The number of nitrogens with zero attached hydrogens (tertiary/aromatic N) is 3. The summed E-state index contributed by atoms with van der Waals surface area (Å²) in [7, 11) is 5.48. The third kappa shape index (κ3) is 8.84. The summed E-state index contributed by atoms with van der Waals surface area (Å²) in [4.78, 5) is 25.1. The van der Waals surface area contributed by atoms with E-state index in [1.807, 2.05) is 53.3 Å². The minimum atomic E-state index is -0.710. The van der Waals surface area contributed by atoms with Crippen molar-refractivity contribution in [1.82, 2.24) is 25.3 Å². The third-order valence-electron chi connectivity index (χ3n) is 11.5. The fourth-order valence-electron chi connectivity index (χ4n) is 8.36. The molecule has 56 heavy (non-hydrogen) atoms. The number of nitrogens with one attached hydrogen (secondary N) is 2. The number of carboxylic acid groups (broad SMARTS) is 1. The lowest BCUT2D eigenvalue weighted by Crippen LogP contribution is -2.35. The van der Waals surface area contributed by atoms with Gasteiger partial charge in [-0.2, -0.15) is 5.10 Å². The van der Waals surface area contributed by atoms with E-state index in [9.17, 15) is 14.7 Å². The molecule has 7 rings (SSSR count). The third-order valence-corrected chi connectivity index (χ3v) is 12.2. The van der Waals surface area contributed by atoms with Crippen molar-refractivity contribution in [2.75, 3.05) is 27.8 Å². The van der Waals surface area contributed by atoms with E-state index in [4.69, 9.17) is 37.8 Å². The number of carboxylic acids is 1. The number of aromatic nitrogens is 2. The van der Waals surface area contributed by atoms with E-state index in [1.54, 1.807) is 14.2 Å². The van der Waals surface area contributed by atoms with Crippen LogP contribution in [0.5, 0.6) is 11.5 Å². The molecule has 10 nitrogen and oxygen atoms in total. The molecule has 2 fully saturated rings. The molecule has 1 amide bonds. The number of hydrogen-bond donors (Lipinski definition) is 3. The highest BCUT2D eigenvalue weighted by atomic mass is 35.5. The Labute approximate surface area is 338 Å². The monoisotopic (exact) mass is 797 g/mol. The summed E-state index contributed by atoms with van der Waals surface area (Å²) in [5.41, 5.74) is 7.62. The number of amides is 1. The van der Waals surface area contributed by atoms with Gasteiger partial charge in [0.2, 0.25) is 5.91 Å². The lowest BCUT2D eigenvalue weighted by molar-refractivity contribution is -0.138. The van der Waals surface area contributed by atoms with E-state index < -0.39 is 5.97 Å². The van der Waals surface area contributed by atoms with E-state index >= 15 is 0 Å². The first-order valence-electron chi connectivity index (χ1n) is 19.3. The number of carbonyl (C=O) groups is 2. The van der Waals surface area contributed by atoms with Gasteiger partial charge in [0.15, 0.2) is 0 Å². The zero-order valence-electron chi connectivity index (χ0n) is 32.1. The Kier molecular flexibility index (Phi) is 12.5. The van der Waals surface area contributed by atoms with Gasteiger partial charge in [0.25, 0.3) is 0 Å². The summed E-state index contributed by atoms with van der Waals surface area (Å²) >= 11 is 14.2. The molecule has 0 bridgehead atoms. The Morgan fingerprint density at radius 3 is 2.39 bits per heavy atom. The summed E-state index contributed by atoms with van der Waals surface area (Å²) in [5.74, 6) is 1.21. The summed E-state index contributed by atoms with van der Waals surface area (Å²) < 4.78 is 13.6. The molecular weight excluding hydrogens is 749 g/mol. The van der Waals surface area contributed by atoms with Gasteiger partial charge in [-0.15, -0.1) is 0 Å². The maximum Gasteiger partial charge on any atom is 0.303 e. The predicted octanol–water partition coefficient (Wildman–Crippen LogP) is 8.58. The quantitative estimate of drug-likeness (QED) is 0.0965. The van der Waals surface area contributed by atoms with Crippen molar-refractivity contribution in [2.45, 2.75) is 76.7 Å². The van der Waals surface area contributed by atoms with Crippen molar-refractivity contribution in [3.05, 3.63) is 99.7 Å². The van der Waals surface area contributed by atoms with Crippen LogP contribution < -0.4 is 20.1 Å². The zero-order valence-corrected chi connectivity index (χ0v) is 33.6. The predicted molar refractivity (Wildman–Crippen MR) is 222 cm³/mol. The number of benzene rings is 4. The van der Waals surface area contributed by atoms with E-state index in [2.05, 4.69) is 46.8 Å². The summed E-state index contributed by atoms with van der Waals surface area (Å²) in [6.45, 7) is 2.46. The fraction of sp³-hybridized carbons (Fsp3) is 0.386. The fourth-order valence-corrected chi connectivity index (χ4v) is 8.95. The van der Waals surface area contributed by atoms with E-state index in [0.29, 0.717) is 48.7 Å². The highest BCUT2D eigenvalue weighted by Crippen LogP contribution is 2.41. The second kappa shape index (κ2) is 17.7. The van der Waals surface area contributed by atoms with Crippen molar-refractivity contribution in [2.24, 2.45) is 5.92 Å².